The van der Waals surface area contributed by atoms with Crippen LogP contribution in [0.25, 0.3) is 0 Å². The Hall–Kier alpha value is -1.96. The van der Waals surface area contributed by atoms with E-state index < -0.39 is 5.97 Å². The van der Waals surface area contributed by atoms with E-state index in [1.54, 1.807) is 6.92 Å². The lowest BCUT2D eigenvalue weighted by Gasteiger charge is -2.37. The van der Waals surface area contributed by atoms with Crippen LogP contribution in [-0.2, 0) is 14.3 Å². The fourth-order valence-corrected chi connectivity index (χ4v) is 4.72. The number of esters is 1. The van der Waals surface area contributed by atoms with Crippen molar-refractivity contribution < 1.29 is 19.1 Å². The third kappa shape index (κ3) is 5.59. The minimum atomic E-state index is -0.513. The van der Waals surface area contributed by atoms with Crippen LogP contribution in [0.3, 0.4) is 0 Å². The molecule has 1 saturated heterocycles. The van der Waals surface area contributed by atoms with Gasteiger partial charge in [0.25, 0.3) is 5.82 Å². The molecule has 2 heterocycles. The second kappa shape index (κ2) is 10.4. The van der Waals surface area contributed by atoms with Crippen molar-refractivity contribution in [1.29, 1.82) is 0 Å². The van der Waals surface area contributed by atoms with Crippen molar-refractivity contribution in [2.24, 2.45) is 17.8 Å². The highest BCUT2D eigenvalue weighted by atomic mass is 16.5. The van der Waals surface area contributed by atoms with Crippen molar-refractivity contribution in [2.75, 3.05) is 26.3 Å². The molecule has 0 aromatic carbocycles. The Bertz CT molecular complexity index is 712. The quantitative estimate of drug-likeness (QED) is 0.681. The van der Waals surface area contributed by atoms with Crippen molar-refractivity contribution >= 4 is 11.9 Å². The normalized spacial score (nSPS) is 25.5. The molecule has 3 rings (SSSR count). The van der Waals surface area contributed by atoms with Crippen molar-refractivity contribution in [3.63, 3.8) is 0 Å². The summed E-state index contributed by atoms with van der Waals surface area (Å²) in [6.45, 7) is 10.3. The zero-order valence-electron chi connectivity index (χ0n) is 18.7. The van der Waals surface area contributed by atoms with Crippen LogP contribution in [0.2, 0.25) is 0 Å². The number of likely N-dealkylation sites (tertiary alicyclic amines) is 1. The molecule has 2 fully saturated rings. The number of carbonyl (C=O) groups excluding carboxylic acids is 2. The van der Waals surface area contributed by atoms with Gasteiger partial charge in [0, 0.05) is 19.0 Å². The van der Waals surface area contributed by atoms with Gasteiger partial charge in [-0.3, -0.25) is 9.89 Å². The lowest BCUT2D eigenvalue weighted by molar-refractivity contribution is -0.142. The van der Waals surface area contributed by atoms with Crippen molar-refractivity contribution in [3.8, 4) is 0 Å². The third-order valence-corrected chi connectivity index (χ3v) is 6.58. The van der Waals surface area contributed by atoms with E-state index in [4.69, 9.17) is 9.47 Å². The number of hydrogen-bond donors (Lipinski definition) is 1. The summed E-state index contributed by atoms with van der Waals surface area (Å²) in [5, 5.41) is 6.82. The summed E-state index contributed by atoms with van der Waals surface area (Å²) in [5.41, 5.74) is 0. The summed E-state index contributed by atoms with van der Waals surface area (Å²) < 4.78 is 11.1. The van der Waals surface area contributed by atoms with Crippen molar-refractivity contribution in [1.82, 2.24) is 20.1 Å². The molecular formula is C22H36N4O4. The van der Waals surface area contributed by atoms with Crippen LogP contribution in [0.1, 0.15) is 82.2 Å². The Labute approximate surface area is 179 Å². The molecule has 1 N–H and O–H groups in total. The first kappa shape index (κ1) is 22.7. The number of rotatable bonds is 7. The van der Waals surface area contributed by atoms with Gasteiger partial charge >= 0.3 is 5.97 Å². The number of carbonyl (C=O) groups is 2. The Kier molecular flexibility index (Phi) is 7.86. The standard InChI is InChI=1S/C22H36N4O4/c1-5-29-22(28)21-23-20(24-25-21)16-8-10-26(11-9-16)19(27)13-30-18-12-15(4)6-7-17(18)14(2)3/h14-18H,5-13H2,1-4H3,(H,23,24,25). The number of amides is 1. The fourth-order valence-electron chi connectivity index (χ4n) is 4.72. The molecule has 1 aromatic heterocycles. The smallest absolute Gasteiger partial charge is 0.378 e. The second-order valence-electron chi connectivity index (χ2n) is 9.10. The molecule has 0 radical (unpaired) electrons. The maximum Gasteiger partial charge on any atom is 0.378 e. The average Bonchev–Trinajstić information content (AvgIpc) is 3.22. The molecule has 1 saturated carbocycles. The molecule has 1 aliphatic carbocycles. The number of piperidine rings is 1. The highest BCUT2D eigenvalue weighted by Crippen LogP contribution is 2.35. The minimum absolute atomic E-state index is 0.0685. The molecule has 168 valence electrons. The van der Waals surface area contributed by atoms with Gasteiger partial charge in [-0.25, -0.2) is 9.78 Å². The molecule has 8 heteroatoms. The zero-order valence-corrected chi connectivity index (χ0v) is 18.7. The number of aromatic amines is 1. The van der Waals surface area contributed by atoms with Crippen LogP contribution in [-0.4, -0.2) is 64.4 Å². The highest BCUT2D eigenvalue weighted by molar-refractivity contribution is 5.84. The first-order valence-corrected chi connectivity index (χ1v) is 11.4. The molecule has 1 amide bonds. The summed E-state index contributed by atoms with van der Waals surface area (Å²) in [4.78, 5) is 30.6. The third-order valence-electron chi connectivity index (χ3n) is 6.58. The van der Waals surface area contributed by atoms with Gasteiger partial charge in [0.1, 0.15) is 12.4 Å². The van der Waals surface area contributed by atoms with E-state index in [1.807, 2.05) is 4.90 Å². The number of hydrogen-bond acceptors (Lipinski definition) is 6. The summed E-state index contributed by atoms with van der Waals surface area (Å²) in [6, 6.07) is 0. The van der Waals surface area contributed by atoms with Crippen molar-refractivity contribution in [3.05, 3.63) is 11.6 Å². The predicted molar refractivity (Wildman–Crippen MR) is 112 cm³/mol. The zero-order chi connectivity index (χ0) is 21.7. The topological polar surface area (TPSA) is 97.4 Å². The average molecular weight is 421 g/mol. The van der Waals surface area contributed by atoms with Gasteiger partial charge in [-0.15, -0.1) is 5.10 Å². The number of H-pyrrole nitrogens is 1. The Morgan fingerprint density at radius 3 is 2.60 bits per heavy atom. The van der Waals surface area contributed by atoms with Gasteiger partial charge in [0.15, 0.2) is 0 Å². The van der Waals surface area contributed by atoms with Gasteiger partial charge in [-0.2, -0.15) is 0 Å². The highest BCUT2D eigenvalue weighted by Gasteiger charge is 2.33. The molecule has 3 atom stereocenters. The van der Waals surface area contributed by atoms with Crippen LogP contribution in [0.5, 0.6) is 0 Å². The van der Waals surface area contributed by atoms with Crippen LogP contribution in [0.15, 0.2) is 0 Å². The fraction of sp³-hybridized carbons (Fsp3) is 0.818. The van der Waals surface area contributed by atoms with E-state index in [2.05, 4.69) is 36.0 Å². The lowest BCUT2D eigenvalue weighted by Crippen LogP contribution is -2.42. The van der Waals surface area contributed by atoms with Gasteiger partial charge in [0.2, 0.25) is 5.91 Å². The van der Waals surface area contributed by atoms with Crippen LogP contribution < -0.4 is 0 Å². The number of nitrogens with one attached hydrogen (secondary N) is 1. The van der Waals surface area contributed by atoms with Gasteiger partial charge in [-0.05, 0) is 50.4 Å². The molecule has 0 spiro atoms. The molecule has 2 aliphatic rings. The maximum absolute atomic E-state index is 12.7. The predicted octanol–water partition coefficient (Wildman–Crippen LogP) is 3.16. The van der Waals surface area contributed by atoms with Crippen molar-refractivity contribution in [2.45, 2.75) is 71.8 Å². The molecule has 1 aromatic rings. The van der Waals surface area contributed by atoms with Gasteiger partial charge in [-0.1, -0.05) is 27.2 Å². The van der Waals surface area contributed by atoms with E-state index in [-0.39, 0.29) is 30.4 Å². The maximum atomic E-state index is 12.7. The molecule has 3 unspecified atom stereocenters. The van der Waals surface area contributed by atoms with Crippen LogP contribution in [0, 0.1) is 17.8 Å². The molecule has 0 bridgehead atoms. The van der Waals surface area contributed by atoms with Gasteiger partial charge < -0.3 is 14.4 Å². The minimum Gasteiger partial charge on any atom is -0.460 e. The lowest BCUT2D eigenvalue weighted by atomic mass is 9.75. The first-order valence-electron chi connectivity index (χ1n) is 11.4. The Balaban J connectivity index is 1.46. The summed E-state index contributed by atoms with van der Waals surface area (Å²) >= 11 is 0. The molecular weight excluding hydrogens is 384 g/mol. The molecule has 1 aliphatic heterocycles. The number of nitrogens with zero attached hydrogens (tertiary/aromatic N) is 3. The summed E-state index contributed by atoms with van der Waals surface area (Å²) in [7, 11) is 0. The van der Waals surface area contributed by atoms with E-state index in [1.165, 1.54) is 12.8 Å². The first-order chi connectivity index (χ1) is 14.4. The van der Waals surface area contributed by atoms with E-state index in [0.717, 1.165) is 19.3 Å². The van der Waals surface area contributed by atoms with Crippen LogP contribution in [0.4, 0.5) is 0 Å². The molecule has 30 heavy (non-hydrogen) atoms. The Morgan fingerprint density at radius 2 is 1.93 bits per heavy atom. The second-order valence-corrected chi connectivity index (χ2v) is 9.10. The Morgan fingerprint density at radius 1 is 1.20 bits per heavy atom. The SMILES string of the molecule is CCOC(=O)c1n[nH]c(C2CCN(C(=O)COC3CC(C)CCC3C(C)C)CC2)n1. The monoisotopic (exact) mass is 420 g/mol. The van der Waals surface area contributed by atoms with E-state index in [9.17, 15) is 9.59 Å². The molecule has 8 nitrogen and oxygen atoms in total. The largest absolute Gasteiger partial charge is 0.460 e. The van der Waals surface area contributed by atoms with E-state index >= 15 is 0 Å². The summed E-state index contributed by atoms with van der Waals surface area (Å²) in [6.07, 6.45) is 5.26. The summed E-state index contributed by atoms with van der Waals surface area (Å²) in [5.74, 6) is 2.26. The van der Waals surface area contributed by atoms with Crippen LogP contribution >= 0.6 is 0 Å². The number of aromatic nitrogens is 3. The van der Waals surface area contributed by atoms with Gasteiger partial charge in [0.05, 0.1) is 12.7 Å². The van der Waals surface area contributed by atoms with E-state index in [0.29, 0.717) is 43.3 Å². The number of ether oxygens (including phenoxy) is 2.